The van der Waals surface area contributed by atoms with Gasteiger partial charge in [-0.15, -0.1) is 0 Å². The Kier molecular flexibility index (Phi) is 4.99. The predicted octanol–water partition coefficient (Wildman–Crippen LogP) is 1.86. The molecule has 0 rings (SSSR count). The average molecular weight is 188 g/mol. The molecular weight excluding hydrogens is 168 g/mol. The van der Waals surface area contributed by atoms with E-state index in [4.69, 9.17) is 9.47 Å². The van der Waals surface area contributed by atoms with Crippen molar-refractivity contribution < 1.29 is 14.3 Å². The van der Waals surface area contributed by atoms with Crippen LogP contribution in [0.25, 0.3) is 0 Å². The molecule has 0 aliphatic carbocycles. The molecule has 0 aliphatic rings. The second kappa shape index (κ2) is 5.22. The maximum atomic E-state index is 11.4. The van der Waals surface area contributed by atoms with E-state index in [0.717, 1.165) is 0 Å². The van der Waals surface area contributed by atoms with Gasteiger partial charge in [0, 0.05) is 7.11 Å². The Balaban J connectivity index is 3.84. The fraction of sp³-hybridized carbons (Fsp3) is 0.900. The molecule has 0 spiro atoms. The Morgan fingerprint density at radius 2 is 1.85 bits per heavy atom. The lowest BCUT2D eigenvalue weighted by molar-refractivity contribution is -0.152. The first-order valence-electron chi connectivity index (χ1n) is 4.55. The minimum atomic E-state index is -0.149. The average Bonchev–Trinajstić information content (AvgIpc) is 2.01. The van der Waals surface area contributed by atoms with Crippen molar-refractivity contribution in [3.05, 3.63) is 0 Å². The van der Waals surface area contributed by atoms with Gasteiger partial charge in [-0.1, -0.05) is 27.7 Å². The lowest BCUT2D eigenvalue weighted by Gasteiger charge is -2.25. The molecule has 3 heteroatoms. The van der Waals surface area contributed by atoms with E-state index in [9.17, 15) is 4.79 Å². The lowest BCUT2D eigenvalue weighted by atomic mass is 9.82. The van der Waals surface area contributed by atoms with Crippen LogP contribution >= 0.6 is 0 Å². The number of hydrogen-bond donors (Lipinski definition) is 0. The van der Waals surface area contributed by atoms with Crippen molar-refractivity contribution in [1.29, 1.82) is 0 Å². The highest BCUT2D eigenvalue weighted by molar-refractivity contribution is 5.72. The quantitative estimate of drug-likeness (QED) is 0.499. The first-order valence-corrected chi connectivity index (χ1v) is 4.55. The van der Waals surface area contributed by atoms with Gasteiger partial charge in [-0.3, -0.25) is 4.79 Å². The number of rotatable bonds is 4. The van der Waals surface area contributed by atoms with Crippen molar-refractivity contribution in [3.63, 3.8) is 0 Å². The van der Waals surface area contributed by atoms with E-state index in [2.05, 4.69) is 0 Å². The minimum absolute atomic E-state index is 0.0375. The summed E-state index contributed by atoms with van der Waals surface area (Å²) >= 11 is 0. The number of esters is 1. The maximum Gasteiger partial charge on any atom is 0.309 e. The number of hydrogen-bond acceptors (Lipinski definition) is 3. The van der Waals surface area contributed by atoms with E-state index < -0.39 is 0 Å². The summed E-state index contributed by atoms with van der Waals surface area (Å²) in [5.41, 5.74) is -0.0375. The summed E-state index contributed by atoms with van der Waals surface area (Å²) in [5.74, 6) is -0.228. The van der Waals surface area contributed by atoms with Gasteiger partial charge in [-0.05, 0) is 5.41 Å². The van der Waals surface area contributed by atoms with Crippen LogP contribution in [0.1, 0.15) is 27.7 Å². The molecule has 0 bridgehead atoms. The topological polar surface area (TPSA) is 35.5 Å². The van der Waals surface area contributed by atoms with Crippen molar-refractivity contribution in [1.82, 2.24) is 0 Å². The van der Waals surface area contributed by atoms with Gasteiger partial charge in [0.1, 0.15) is 6.61 Å². The van der Waals surface area contributed by atoms with Crippen molar-refractivity contribution in [2.45, 2.75) is 27.7 Å². The standard InChI is InChI=1S/C10H20O3/c1-8(10(2,3)4)9(11)13-7-6-12-5/h8H,6-7H2,1-5H3. The third kappa shape index (κ3) is 4.88. The van der Waals surface area contributed by atoms with E-state index in [1.54, 1.807) is 7.11 Å². The molecule has 78 valence electrons. The monoisotopic (exact) mass is 188 g/mol. The molecule has 3 nitrogen and oxygen atoms in total. The van der Waals surface area contributed by atoms with Crippen LogP contribution in [0.15, 0.2) is 0 Å². The van der Waals surface area contributed by atoms with Gasteiger partial charge in [-0.2, -0.15) is 0 Å². The molecule has 0 N–H and O–H groups in total. The predicted molar refractivity (Wildman–Crippen MR) is 51.5 cm³/mol. The van der Waals surface area contributed by atoms with Crippen LogP contribution in [0.2, 0.25) is 0 Å². The van der Waals surface area contributed by atoms with Crippen LogP contribution in [0, 0.1) is 11.3 Å². The van der Waals surface area contributed by atoms with Gasteiger partial charge < -0.3 is 9.47 Å². The normalized spacial score (nSPS) is 13.9. The van der Waals surface area contributed by atoms with Crippen LogP contribution < -0.4 is 0 Å². The molecular formula is C10H20O3. The summed E-state index contributed by atoms with van der Waals surface area (Å²) in [6.07, 6.45) is 0. The SMILES string of the molecule is COCCOC(=O)C(C)C(C)(C)C. The molecule has 0 aromatic heterocycles. The molecule has 0 radical (unpaired) electrons. The van der Waals surface area contributed by atoms with Crippen LogP contribution in [0.3, 0.4) is 0 Å². The highest BCUT2D eigenvalue weighted by atomic mass is 16.6. The van der Waals surface area contributed by atoms with E-state index in [1.807, 2.05) is 27.7 Å². The number of carbonyl (C=O) groups is 1. The first kappa shape index (κ1) is 12.4. The van der Waals surface area contributed by atoms with Crippen molar-refractivity contribution >= 4 is 5.97 Å². The molecule has 0 aliphatic heterocycles. The molecule has 0 saturated carbocycles. The summed E-state index contributed by atoms with van der Waals surface area (Å²) in [7, 11) is 1.58. The zero-order valence-electron chi connectivity index (χ0n) is 9.22. The van der Waals surface area contributed by atoms with Crippen molar-refractivity contribution in [3.8, 4) is 0 Å². The van der Waals surface area contributed by atoms with Crippen LogP contribution in [0.5, 0.6) is 0 Å². The summed E-state index contributed by atoms with van der Waals surface area (Å²) in [4.78, 5) is 11.4. The highest BCUT2D eigenvalue weighted by Crippen LogP contribution is 2.26. The summed E-state index contributed by atoms with van der Waals surface area (Å²) in [5, 5.41) is 0. The second-order valence-corrected chi connectivity index (χ2v) is 4.25. The Morgan fingerprint density at radius 3 is 2.23 bits per heavy atom. The third-order valence-electron chi connectivity index (χ3n) is 2.18. The Labute approximate surface area is 80.4 Å². The number of ether oxygens (including phenoxy) is 2. The first-order chi connectivity index (χ1) is 5.89. The third-order valence-corrected chi connectivity index (χ3v) is 2.18. The van der Waals surface area contributed by atoms with E-state index in [1.165, 1.54) is 0 Å². The van der Waals surface area contributed by atoms with Gasteiger partial charge in [0.2, 0.25) is 0 Å². The Morgan fingerprint density at radius 1 is 1.31 bits per heavy atom. The smallest absolute Gasteiger partial charge is 0.309 e. The van der Waals surface area contributed by atoms with Crippen molar-refractivity contribution in [2.24, 2.45) is 11.3 Å². The van der Waals surface area contributed by atoms with Crippen LogP contribution in [-0.4, -0.2) is 26.3 Å². The zero-order valence-corrected chi connectivity index (χ0v) is 9.22. The van der Waals surface area contributed by atoms with E-state index >= 15 is 0 Å². The highest BCUT2D eigenvalue weighted by Gasteiger charge is 2.27. The maximum absolute atomic E-state index is 11.4. The molecule has 0 heterocycles. The molecule has 13 heavy (non-hydrogen) atoms. The van der Waals surface area contributed by atoms with E-state index in [0.29, 0.717) is 13.2 Å². The Hall–Kier alpha value is -0.570. The summed E-state index contributed by atoms with van der Waals surface area (Å²) in [6, 6.07) is 0. The Bertz CT molecular complexity index is 158. The fourth-order valence-electron chi connectivity index (χ4n) is 0.704. The largest absolute Gasteiger partial charge is 0.463 e. The van der Waals surface area contributed by atoms with Gasteiger partial charge in [0.25, 0.3) is 0 Å². The fourth-order valence-corrected chi connectivity index (χ4v) is 0.704. The van der Waals surface area contributed by atoms with Crippen molar-refractivity contribution in [2.75, 3.05) is 20.3 Å². The molecule has 1 atom stereocenters. The van der Waals surface area contributed by atoms with Crippen LogP contribution in [-0.2, 0) is 14.3 Å². The second-order valence-electron chi connectivity index (χ2n) is 4.25. The van der Waals surface area contributed by atoms with Gasteiger partial charge in [0.05, 0.1) is 12.5 Å². The molecule has 0 aromatic rings. The minimum Gasteiger partial charge on any atom is -0.463 e. The molecule has 0 fully saturated rings. The summed E-state index contributed by atoms with van der Waals surface area (Å²) in [6.45, 7) is 8.76. The molecule has 0 aromatic carbocycles. The molecule has 1 unspecified atom stereocenters. The lowest BCUT2D eigenvalue weighted by Crippen LogP contribution is -2.28. The van der Waals surface area contributed by atoms with Gasteiger partial charge >= 0.3 is 5.97 Å². The summed E-state index contributed by atoms with van der Waals surface area (Å²) < 4.78 is 9.79. The van der Waals surface area contributed by atoms with Crippen LogP contribution in [0.4, 0.5) is 0 Å². The number of methoxy groups -OCH3 is 1. The van der Waals surface area contributed by atoms with Gasteiger partial charge in [0.15, 0.2) is 0 Å². The zero-order chi connectivity index (χ0) is 10.5. The molecule has 0 amide bonds. The van der Waals surface area contributed by atoms with Gasteiger partial charge in [-0.25, -0.2) is 0 Å². The number of carbonyl (C=O) groups excluding carboxylic acids is 1. The van der Waals surface area contributed by atoms with E-state index in [-0.39, 0.29) is 17.3 Å². The molecule has 0 saturated heterocycles.